The van der Waals surface area contributed by atoms with Gasteiger partial charge in [-0.3, -0.25) is 4.90 Å². The number of methoxy groups -OCH3 is 2. The summed E-state index contributed by atoms with van der Waals surface area (Å²) in [6, 6.07) is 14.4. The Kier molecular flexibility index (Phi) is 6.35. The lowest BCUT2D eigenvalue weighted by molar-refractivity contribution is 0.256. The molecule has 0 fully saturated rings. The van der Waals surface area contributed by atoms with Crippen LogP contribution in [-0.2, 0) is 19.5 Å². The number of nitrogens with zero attached hydrogens (tertiary/aromatic N) is 4. The van der Waals surface area contributed by atoms with Gasteiger partial charge in [-0.25, -0.2) is 4.79 Å². The van der Waals surface area contributed by atoms with Crippen molar-refractivity contribution in [2.75, 3.05) is 24.4 Å². The third-order valence-electron chi connectivity index (χ3n) is 5.44. The van der Waals surface area contributed by atoms with E-state index >= 15 is 0 Å². The Balaban J connectivity index is 1.62. The number of hydrogen-bond acceptors (Lipinski definition) is 5. The van der Waals surface area contributed by atoms with Gasteiger partial charge in [0.15, 0.2) is 5.82 Å². The Labute approximate surface area is 181 Å². The first-order chi connectivity index (χ1) is 15.2. The van der Waals surface area contributed by atoms with Gasteiger partial charge in [0.2, 0.25) is 0 Å². The van der Waals surface area contributed by atoms with Crippen molar-refractivity contribution in [1.82, 2.24) is 14.8 Å². The van der Waals surface area contributed by atoms with Crippen molar-refractivity contribution >= 4 is 17.4 Å². The second kappa shape index (κ2) is 9.51. The number of aryl methyl sites for hydroxylation is 1. The molecule has 0 saturated carbocycles. The van der Waals surface area contributed by atoms with Crippen LogP contribution in [0.25, 0.3) is 0 Å². The maximum atomic E-state index is 13.3. The van der Waals surface area contributed by atoms with E-state index in [1.807, 2.05) is 48.5 Å². The highest BCUT2D eigenvalue weighted by atomic mass is 16.5. The molecule has 8 nitrogen and oxygen atoms in total. The number of fused-ring (bicyclic) bond motifs is 1. The second-order valence-corrected chi connectivity index (χ2v) is 7.44. The molecule has 0 spiro atoms. The van der Waals surface area contributed by atoms with Crippen LogP contribution in [0.4, 0.5) is 16.2 Å². The van der Waals surface area contributed by atoms with Crippen molar-refractivity contribution in [3.05, 3.63) is 60.2 Å². The molecule has 2 amide bonds. The molecular formula is C23H27N5O3. The number of urea groups is 1. The smallest absolute Gasteiger partial charge is 0.326 e. The standard InChI is InChI=1S/C23H27N5O3/c1-30-19-12-10-17(11-13-19)24-23(29)28(18-7-6-8-20(15-18)31-2)16-22-26-25-21-9-4-3-5-14-27(21)22/h6-8,10-13,15H,3-5,9,14,16H2,1-2H3,(H,24,29). The highest BCUT2D eigenvalue weighted by molar-refractivity contribution is 6.01. The molecule has 2 aromatic carbocycles. The second-order valence-electron chi connectivity index (χ2n) is 7.44. The Morgan fingerprint density at radius 3 is 2.61 bits per heavy atom. The predicted octanol–water partition coefficient (Wildman–Crippen LogP) is 4.26. The normalized spacial score (nSPS) is 13.1. The minimum atomic E-state index is -0.260. The maximum Gasteiger partial charge on any atom is 0.326 e. The Hall–Kier alpha value is -3.55. The summed E-state index contributed by atoms with van der Waals surface area (Å²) in [7, 11) is 3.22. The summed E-state index contributed by atoms with van der Waals surface area (Å²) in [5, 5.41) is 11.7. The quantitative estimate of drug-likeness (QED) is 0.643. The highest BCUT2D eigenvalue weighted by Crippen LogP contribution is 2.25. The van der Waals surface area contributed by atoms with Crippen molar-refractivity contribution in [3.63, 3.8) is 0 Å². The third kappa shape index (κ3) is 4.79. The monoisotopic (exact) mass is 421 g/mol. The highest BCUT2D eigenvalue weighted by Gasteiger charge is 2.22. The van der Waals surface area contributed by atoms with Crippen LogP contribution >= 0.6 is 0 Å². The van der Waals surface area contributed by atoms with E-state index in [0.717, 1.165) is 48.9 Å². The van der Waals surface area contributed by atoms with Crippen LogP contribution in [-0.4, -0.2) is 35.0 Å². The average molecular weight is 422 g/mol. The molecule has 3 aromatic rings. The number of carbonyl (C=O) groups excluding carboxylic acids is 1. The van der Waals surface area contributed by atoms with Crippen LogP contribution in [0, 0.1) is 0 Å². The summed E-state index contributed by atoms with van der Waals surface area (Å²) in [6.45, 7) is 1.19. The topological polar surface area (TPSA) is 81.5 Å². The molecule has 1 aliphatic heterocycles. The lowest BCUT2D eigenvalue weighted by atomic mass is 10.2. The van der Waals surface area contributed by atoms with Crippen LogP contribution < -0.4 is 19.7 Å². The van der Waals surface area contributed by atoms with Crippen LogP contribution in [0.1, 0.15) is 30.9 Å². The van der Waals surface area contributed by atoms with Gasteiger partial charge in [-0.15, -0.1) is 10.2 Å². The maximum absolute atomic E-state index is 13.3. The summed E-state index contributed by atoms with van der Waals surface area (Å²) in [4.78, 5) is 15.0. The Bertz CT molecular complexity index is 1030. The van der Waals surface area contributed by atoms with Crippen LogP contribution in [0.5, 0.6) is 11.5 Å². The van der Waals surface area contributed by atoms with Gasteiger partial charge in [0.05, 0.1) is 20.8 Å². The van der Waals surface area contributed by atoms with Crippen molar-refractivity contribution in [3.8, 4) is 11.5 Å². The van der Waals surface area contributed by atoms with Gasteiger partial charge < -0.3 is 19.4 Å². The lowest BCUT2D eigenvalue weighted by Crippen LogP contribution is -2.35. The van der Waals surface area contributed by atoms with Gasteiger partial charge in [0.1, 0.15) is 17.3 Å². The molecule has 1 aromatic heterocycles. The molecule has 0 unspecified atom stereocenters. The molecule has 0 atom stereocenters. The van der Waals surface area contributed by atoms with E-state index in [1.54, 1.807) is 19.1 Å². The average Bonchev–Trinajstić information content (AvgIpc) is 3.03. The number of carbonyl (C=O) groups is 1. The first-order valence-electron chi connectivity index (χ1n) is 10.5. The minimum absolute atomic E-state index is 0.260. The summed E-state index contributed by atoms with van der Waals surface area (Å²) in [6.07, 6.45) is 4.31. The molecule has 0 aliphatic carbocycles. The number of anilines is 2. The Morgan fingerprint density at radius 2 is 1.84 bits per heavy atom. The summed E-state index contributed by atoms with van der Waals surface area (Å²) >= 11 is 0. The van der Waals surface area contributed by atoms with Crippen molar-refractivity contribution in [2.24, 2.45) is 0 Å². The molecule has 0 radical (unpaired) electrons. The predicted molar refractivity (Wildman–Crippen MR) is 119 cm³/mol. The van der Waals surface area contributed by atoms with E-state index in [2.05, 4.69) is 20.1 Å². The van der Waals surface area contributed by atoms with Gasteiger partial charge in [0, 0.05) is 30.4 Å². The van der Waals surface area contributed by atoms with Gasteiger partial charge in [-0.1, -0.05) is 12.5 Å². The van der Waals surface area contributed by atoms with E-state index in [9.17, 15) is 4.79 Å². The van der Waals surface area contributed by atoms with Crippen molar-refractivity contribution < 1.29 is 14.3 Å². The number of amides is 2. The number of ether oxygens (including phenoxy) is 2. The fourth-order valence-electron chi connectivity index (χ4n) is 3.73. The van der Waals surface area contributed by atoms with Gasteiger partial charge in [-0.05, 0) is 49.2 Å². The third-order valence-corrected chi connectivity index (χ3v) is 5.44. The molecule has 4 rings (SSSR count). The van der Waals surface area contributed by atoms with Crippen LogP contribution in [0.3, 0.4) is 0 Å². The number of hydrogen-bond donors (Lipinski definition) is 1. The number of benzene rings is 2. The summed E-state index contributed by atoms with van der Waals surface area (Å²) < 4.78 is 12.7. The number of nitrogens with one attached hydrogen (secondary N) is 1. The molecule has 2 heterocycles. The fraction of sp³-hybridized carbons (Fsp3) is 0.348. The van der Waals surface area contributed by atoms with Crippen molar-refractivity contribution in [1.29, 1.82) is 0 Å². The molecule has 1 aliphatic rings. The number of rotatable bonds is 6. The largest absolute Gasteiger partial charge is 0.497 e. The van der Waals surface area contributed by atoms with Crippen molar-refractivity contribution in [2.45, 2.75) is 38.8 Å². The SMILES string of the molecule is COc1ccc(NC(=O)N(Cc2nnc3n2CCCCC3)c2cccc(OC)c2)cc1. The van der Waals surface area contributed by atoms with Crippen LogP contribution in [0.15, 0.2) is 48.5 Å². The fourth-order valence-corrected chi connectivity index (χ4v) is 3.73. The Morgan fingerprint density at radius 1 is 1.03 bits per heavy atom. The molecule has 31 heavy (non-hydrogen) atoms. The molecule has 0 bridgehead atoms. The lowest BCUT2D eigenvalue weighted by Gasteiger charge is -2.24. The van der Waals surface area contributed by atoms with Gasteiger partial charge in [-0.2, -0.15) is 0 Å². The molecule has 1 N–H and O–H groups in total. The first-order valence-corrected chi connectivity index (χ1v) is 10.5. The van der Waals surface area contributed by atoms with Gasteiger partial charge in [0.25, 0.3) is 0 Å². The summed E-state index contributed by atoms with van der Waals surface area (Å²) in [5.74, 6) is 3.19. The van der Waals surface area contributed by atoms with E-state index in [-0.39, 0.29) is 6.03 Å². The molecule has 8 heteroatoms. The number of aromatic nitrogens is 3. The molecule has 0 saturated heterocycles. The molecule has 162 valence electrons. The molecular weight excluding hydrogens is 394 g/mol. The van der Waals surface area contributed by atoms with E-state index in [1.165, 1.54) is 6.42 Å². The summed E-state index contributed by atoms with van der Waals surface area (Å²) in [5.41, 5.74) is 1.40. The zero-order valence-corrected chi connectivity index (χ0v) is 17.9. The zero-order chi connectivity index (χ0) is 21.6. The zero-order valence-electron chi connectivity index (χ0n) is 17.9. The first kappa shape index (κ1) is 20.7. The van der Waals surface area contributed by atoms with E-state index < -0.39 is 0 Å². The van der Waals surface area contributed by atoms with E-state index in [0.29, 0.717) is 18.0 Å². The minimum Gasteiger partial charge on any atom is -0.497 e. The van der Waals surface area contributed by atoms with Crippen LogP contribution in [0.2, 0.25) is 0 Å². The van der Waals surface area contributed by atoms with E-state index in [4.69, 9.17) is 9.47 Å². The van der Waals surface area contributed by atoms with Gasteiger partial charge >= 0.3 is 6.03 Å².